The van der Waals surface area contributed by atoms with Crippen LogP contribution in [0.5, 0.6) is 0 Å². The molecule has 8 heteroatoms. The van der Waals surface area contributed by atoms with E-state index in [-0.39, 0.29) is 23.6 Å². The molecular weight excluding hydrogens is 416 g/mol. The van der Waals surface area contributed by atoms with Crippen molar-refractivity contribution in [3.05, 3.63) is 81.4 Å². The van der Waals surface area contributed by atoms with Crippen LogP contribution < -0.4 is 0 Å². The quantitative estimate of drug-likeness (QED) is 0.195. The summed E-state index contributed by atoms with van der Waals surface area (Å²) < 4.78 is 0. The number of hydrogen-bond acceptors (Lipinski definition) is 5. The molecule has 1 amide bonds. The number of benzene rings is 2. The third-order valence-electron chi connectivity index (χ3n) is 4.31. The van der Waals surface area contributed by atoms with Gasteiger partial charge in [-0.1, -0.05) is 58.4 Å². The summed E-state index contributed by atoms with van der Waals surface area (Å²) in [7, 11) is 0. The Labute approximate surface area is 163 Å². The van der Waals surface area contributed by atoms with E-state index in [1.54, 1.807) is 36.4 Å². The van der Waals surface area contributed by atoms with Gasteiger partial charge in [0.2, 0.25) is 0 Å². The van der Waals surface area contributed by atoms with Crippen LogP contribution >= 0.6 is 15.9 Å². The lowest BCUT2D eigenvalue weighted by atomic mass is 9.95. The van der Waals surface area contributed by atoms with Crippen molar-refractivity contribution in [3.63, 3.8) is 0 Å². The molecule has 0 bridgehead atoms. The van der Waals surface area contributed by atoms with Crippen LogP contribution in [-0.2, 0) is 9.59 Å². The molecule has 0 radical (unpaired) electrons. The predicted octanol–water partition coefficient (Wildman–Crippen LogP) is 3.41. The molecule has 0 aliphatic carbocycles. The first-order chi connectivity index (χ1) is 13.0. The highest BCUT2D eigenvalue weighted by molar-refractivity contribution is 9.09. The average molecular weight is 431 g/mol. The van der Waals surface area contributed by atoms with Crippen molar-refractivity contribution in [2.24, 2.45) is 0 Å². The van der Waals surface area contributed by atoms with Crippen molar-refractivity contribution in [1.82, 2.24) is 4.90 Å². The first-order valence-corrected chi connectivity index (χ1v) is 9.22. The van der Waals surface area contributed by atoms with Gasteiger partial charge in [-0.05, 0) is 5.56 Å². The zero-order valence-corrected chi connectivity index (χ0v) is 15.6. The minimum Gasteiger partial charge on any atom is -0.507 e. The summed E-state index contributed by atoms with van der Waals surface area (Å²) in [6.07, 6.45) is 0. The maximum absolute atomic E-state index is 12.6. The molecule has 1 aliphatic heterocycles. The van der Waals surface area contributed by atoms with Crippen molar-refractivity contribution in [2.75, 3.05) is 11.9 Å². The lowest BCUT2D eigenvalue weighted by molar-refractivity contribution is -0.384. The lowest BCUT2D eigenvalue weighted by Gasteiger charge is -2.24. The highest BCUT2D eigenvalue weighted by Crippen LogP contribution is 2.40. The number of amides is 1. The fraction of sp³-hybridized carbons (Fsp3) is 0.158. The number of aliphatic hydroxyl groups excluding tert-OH is 1. The van der Waals surface area contributed by atoms with Crippen LogP contribution in [0.15, 0.2) is 60.2 Å². The third kappa shape index (κ3) is 3.48. The fourth-order valence-electron chi connectivity index (χ4n) is 3.11. The van der Waals surface area contributed by atoms with Crippen molar-refractivity contribution in [1.29, 1.82) is 0 Å². The molecule has 0 aromatic heterocycles. The number of carbonyl (C=O) groups is 2. The molecule has 1 saturated heterocycles. The summed E-state index contributed by atoms with van der Waals surface area (Å²) in [6, 6.07) is 13.2. The summed E-state index contributed by atoms with van der Waals surface area (Å²) in [5.74, 6) is -1.86. The number of non-ortho nitro benzene ring substituents is 1. The van der Waals surface area contributed by atoms with Crippen molar-refractivity contribution < 1.29 is 19.6 Å². The van der Waals surface area contributed by atoms with Gasteiger partial charge in [0, 0.05) is 29.6 Å². The highest BCUT2D eigenvalue weighted by atomic mass is 79.9. The molecule has 1 aliphatic rings. The smallest absolute Gasteiger partial charge is 0.295 e. The third-order valence-corrected chi connectivity index (χ3v) is 4.66. The Hall–Kier alpha value is -3.00. The number of ketones is 1. The Balaban J connectivity index is 2.21. The minimum atomic E-state index is -0.900. The van der Waals surface area contributed by atoms with E-state index < -0.39 is 22.7 Å². The molecule has 7 nitrogen and oxygen atoms in total. The topological polar surface area (TPSA) is 101 Å². The molecule has 0 saturated carbocycles. The van der Waals surface area contributed by atoms with E-state index in [1.165, 1.54) is 23.1 Å². The zero-order valence-electron chi connectivity index (χ0n) is 14.0. The second-order valence-electron chi connectivity index (χ2n) is 5.90. The summed E-state index contributed by atoms with van der Waals surface area (Å²) >= 11 is 3.25. The van der Waals surface area contributed by atoms with Crippen LogP contribution in [-0.4, -0.2) is 38.5 Å². The Morgan fingerprint density at radius 1 is 1.15 bits per heavy atom. The predicted molar refractivity (Wildman–Crippen MR) is 102 cm³/mol. The molecule has 2 aromatic rings. The van der Waals surface area contributed by atoms with Crippen molar-refractivity contribution in [2.45, 2.75) is 6.04 Å². The second kappa shape index (κ2) is 7.71. The van der Waals surface area contributed by atoms with E-state index in [0.717, 1.165) is 0 Å². The van der Waals surface area contributed by atoms with Crippen LogP contribution in [0.4, 0.5) is 5.69 Å². The fourth-order valence-corrected chi connectivity index (χ4v) is 3.49. The molecule has 1 atom stereocenters. The number of Topliss-reactive ketones (excluding diaryl/α,β-unsaturated/α-hetero) is 1. The summed E-state index contributed by atoms with van der Waals surface area (Å²) in [5.41, 5.74) is 0.552. The number of nitro benzene ring substituents is 1. The molecule has 3 rings (SSSR count). The van der Waals surface area contributed by atoms with Crippen molar-refractivity contribution >= 4 is 39.1 Å². The normalized spacial score (nSPS) is 18.7. The minimum absolute atomic E-state index is 0.0763. The number of nitro groups is 1. The highest BCUT2D eigenvalue weighted by Gasteiger charge is 2.46. The summed E-state index contributed by atoms with van der Waals surface area (Å²) in [5, 5.41) is 22.3. The van der Waals surface area contributed by atoms with Crippen LogP contribution in [0.1, 0.15) is 17.2 Å². The van der Waals surface area contributed by atoms with Gasteiger partial charge < -0.3 is 10.0 Å². The SMILES string of the molecule is O=C1C(=O)N(CCBr)C(c2cccc([N+](=O)[O-])c2)/C1=C(\O)c1ccccc1. The number of nitrogens with zero attached hydrogens (tertiary/aromatic N) is 2. The number of hydrogen-bond donors (Lipinski definition) is 1. The number of aliphatic hydroxyl groups is 1. The molecule has 0 spiro atoms. The van der Waals surface area contributed by atoms with Crippen LogP contribution in [0.3, 0.4) is 0 Å². The van der Waals surface area contributed by atoms with E-state index in [9.17, 15) is 24.8 Å². The lowest BCUT2D eigenvalue weighted by Crippen LogP contribution is -2.31. The van der Waals surface area contributed by atoms with E-state index in [2.05, 4.69) is 15.9 Å². The number of carbonyl (C=O) groups excluding carboxylic acids is 2. The monoisotopic (exact) mass is 430 g/mol. The largest absolute Gasteiger partial charge is 0.507 e. The molecule has 27 heavy (non-hydrogen) atoms. The molecule has 1 fully saturated rings. The van der Waals surface area contributed by atoms with E-state index in [1.807, 2.05) is 0 Å². The molecule has 1 heterocycles. The Morgan fingerprint density at radius 3 is 2.48 bits per heavy atom. The van der Waals surface area contributed by atoms with Gasteiger partial charge in [0.25, 0.3) is 17.4 Å². The number of halogens is 1. The van der Waals surface area contributed by atoms with Gasteiger partial charge in [0.1, 0.15) is 5.76 Å². The van der Waals surface area contributed by atoms with Gasteiger partial charge in [-0.25, -0.2) is 0 Å². The van der Waals surface area contributed by atoms with Gasteiger partial charge in [-0.2, -0.15) is 0 Å². The zero-order chi connectivity index (χ0) is 19.6. The number of likely N-dealkylation sites (tertiary alicyclic amines) is 1. The van der Waals surface area contributed by atoms with Crippen LogP contribution in [0.25, 0.3) is 5.76 Å². The molecular formula is C19H15BrN2O5. The Bertz CT molecular complexity index is 942. The average Bonchev–Trinajstić information content (AvgIpc) is 2.93. The Morgan fingerprint density at radius 2 is 1.85 bits per heavy atom. The van der Waals surface area contributed by atoms with Gasteiger partial charge in [-0.15, -0.1) is 0 Å². The van der Waals surface area contributed by atoms with E-state index >= 15 is 0 Å². The van der Waals surface area contributed by atoms with Gasteiger partial charge in [0.05, 0.1) is 16.5 Å². The summed E-state index contributed by atoms with van der Waals surface area (Å²) in [4.78, 5) is 37.1. The summed E-state index contributed by atoms with van der Waals surface area (Å²) in [6.45, 7) is 0.212. The van der Waals surface area contributed by atoms with Gasteiger partial charge in [0.15, 0.2) is 0 Å². The molecule has 1 N–H and O–H groups in total. The number of alkyl halides is 1. The van der Waals surface area contributed by atoms with E-state index in [4.69, 9.17) is 0 Å². The maximum Gasteiger partial charge on any atom is 0.295 e. The van der Waals surface area contributed by atoms with Gasteiger partial charge in [-0.3, -0.25) is 19.7 Å². The Kier molecular flexibility index (Phi) is 5.36. The van der Waals surface area contributed by atoms with Crippen LogP contribution in [0, 0.1) is 10.1 Å². The standard InChI is InChI=1S/C19H15BrN2O5/c20-9-10-21-16(13-7-4-8-14(11-13)22(26)27)15(18(24)19(21)25)17(23)12-5-2-1-3-6-12/h1-8,11,16,23H,9-10H2/b17-15+. The number of rotatable bonds is 5. The van der Waals surface area contributed by atoms with Gasteiger partial charge >= 0.3 is 0 Å². The molecule has 2 aromatic carbocycles. The first kappa shape index (κ1) is 18.8. The van der Waals surface area contributed by atoms with E-state index in [0.29, 0.717) is 16.5 Å². The second-order valence-corrected chi connectivity index (χ2v) is 6.69. The maximum atomic E-state index is 12.6. The first-order valence-electron chi connectivity index (χ1n) is 8.10. The molecule has 138 valence electrons. The van der Waals surface area contributed by atoms with Crippen LogP contribution in [0.2, 0.25) is 0 Å². The van der Waals surface area contributed by atoms with Crippen molar-refractivity contribution in [3.8, 4) is 0 Å². The molecule has 1 unspecified atom stereocenters.